The van der Waals surface area contributed by atoms with Gasteiger partial charge in [0.05, 0.1) is 58.8 Å². The molecule has 0 aromatic heterocycles. The first-order valence-corrected chi connectivity index (χ1v) is 18.9. The Bertz CT molecular complexity index is 1710. The van der Waals surface area contributed by atoms with Crippen molar-refractivity contribution in [2.75, 3.05) is 52.4 Å². The minimum atomic E-state index is -0.976. The highest BCUT2D eigenvalue weighted by molar-refractivity contribution is 7.99. The van der Waals surface area contributed by atoms with Gasteiger partial charge >= 0.3 is 12.1 Å². The summed E-state index contributed by atoms with van der Waals surface area (Å²) >= 11 is 1.45. The molecule has 1 aliphatic rings. The Kier molecular flexibility index (Phi) is 16.9. The highest BCUT2D eigenvalue weighted by Gasteiger charge is 2.31. The lowest BCUT2D eigenvalue weighted by Crippen LogP contribution is -2.49. The highest BCUT2D eigenvalue weighted by atomic mass is 32.2. The molecular formula is C38H54N6O10S. The van der Waals surface area contributed by atoms with Crippen molar-refractivity contribution in [3.05, 3.63) is 35.4 Å². The van der Waals surface area contributed by atoms with Gasteiger partial charge in [0.1, 0.15) is 29.7 Å². The molecule has 3 rings (SSSR count). The number of esters is 1. The van der Waals surface area contributed by atoms with E-state index in [1.807, 2.05) is 24.3 Å². The molecule has 302 valence electrons. The molecule has 2 aromatic rings. The number of rotatable bonds is 19. The van der Waals surface area contributed by atoms with E-state index in [9.17, 15) is 28.8 Å². The topological polar surface area (TPSA) is 203 Å². The van der Waals surface area contributed by atoms with E-state index in [4.69, 9.17) is 14.2 Å². The van der Waals surface area contributed by atoms with Gasteiger partial charge in [-0.3, -0.25) is 24.0 Å². The van der Waals surface area contributed by atoms with Crippen LogP contribution in [0, 0.1) is 0 Å². The third-order valence-corrected chi connectivity index (χ3v) is 9.62. The molecule has 0 unspecified atom stereocenters. The molecule has 5 N–H and O–H groups in total. The molecule has 0 saturated heterocycles. The number of nitrogens with zero attached hydrogens (tertiary/aromatic N) is 1. The van der Waals surface area contributed by atoms with Crippen LogP contribution in [0.1, 0.15) is 71.4 Å². The molecule has 1 atom stereocenters. The van der Waals surface area contributed by atoms with E-state index in [1.54, 1.807) is 27.9 Å². The quantitative estimate of drug-likeness (QED) is 0.103. The summed E-state index contributed by atoms with van der Waals surface area (Å²) in [5, 5.41) is 12.6. The first kappa shape index (κ1) is 44.2. The Morgan fingerprint density at radius 3 is 1.95 bits per heavy atom. The van der Waals surface area contributed by atoms with Crippen LogP contribution in [0.3, 0.4) is 0 Å². The summed E-state index contributed by atoms with van der Waals surface area (Å²) in [5.41, 5.74) is 2.51. The number of nitrogens with one attached hydrogen (secondary N) is 5. The summed E-state index contributed by atoms with van der Waals surface area (Å²) in [6, 6.07) is 6.69. The molecule has 1 heterocycles. The molecule has 0 spiro atoms. The molecule has 55 heavy (non-hydrogen) atoms. The average Bonchev–Trinajstić information content (AvgIpc) is 3.14. The minimum Gasteiger partial charge on any atom is -0.496 e. The number of benzene rings is 2. The van der Waals surface area contributed by atoms with Crippen molar-refractivity contribution in [2.45, 2.75) is 94.7 Å². The molecule has 16 nitrogen and oxygen atoms in total. The Balaban J connectivity index is 1.79. The minimum absolute atomic E-state index is 0.125. The van der Waals surface area contributed by atoms with Crippen LogP contribution in [0.2, 0.25) is 0 Å². The summed E-state index contributed by atoms with van der Waals surface area (Å²) in [7, 11) is 4.27. The summed E-state index contributed by atoms with van der Waals surface area (Å²) in [4.78, 5) is 78.1. The number of methoxy groups -OCH3 is 3. The van der Waals surface area contributed by atoms with Crippen molar-refractivity contribution in [1.82, 2.24) is 26.6 Å². The molecule has 1 aliphatic heterocycles. The second-order valence-electron chi connectivity index (χ2n) is 13.7. The van der Waals surface area contributed by atoms with Gasteiger partial charge in [-0.1, -0.05) is 37.9 Å². The predicted octanol–water partition coefficient (Wildman–Crippen LogP) is 3.48. The monoisotopic (exact) mass is 786 g/mol. The van der Waals surface area contributed by atoms with Gasteiger partial charge in [-0.15, -0.1) is 0 Å². The number of hydrogen-bond donors (Lipinski definition) is 5. The van der Waals surface area contributed by atoms with Gasteiger partial charge in [0, 0.05) is 27.5 Å². The van der Waals surface area contributed by atoms with Crippen LogP contribution < -0.4 is 41.0 Å². The molecule has 5 amide bonds. The molecule has 0 aliphatic carbocycles. The van der Waals surface area contributed by atoms with Crippen molar-refractivity contribution in [2.24, 2.45) is 0 Å². The molecule has 0 saturated carbocycles. The lowest BCUT2D eigenvalue weighted by atomic mass is 10.1. The second-order valence-corrected chi connectivity index (χ2v) is 14.7. The SMILES string of the molecule is CCCCCCN1c2ccc(OC)c(CNC(=O)OC(C)(C)C)c2Sc2c1ccc(OC)c2CC(=O)NCC(=O)NCC(=O)N[C@@H](C)C(=O)NCC(=O)OC. The Hall–Kier alpha value is -5.19. The van der Waals surface area contributed by atoms with Crippen molar-refractivity contribution >= 4 is 58.8 Å². The van der Waals surface area contributed by atoms with Gasteiger partial charge in [-0.2, -0.15) is 0 Å². The zero-order chi connectivity index (χ0) is 40.7. The van der Waals surface area contributed by atoms with Crippen LogP contribution in [0.5, 0.6) is 11.5 Å². The first-order valence-electron chi connectivity index (χ1n) is 18.1. The Morgan fingerprint density at radius 1 is 0.745 bits per heavy atom. The number of anilines is 2. The fourth-order valence-electron chi connectivity index (χ4n) is 5.59. The lowest BCUT2D eigenvalue weighted by Gasteiger charge is -2.36. The second kappa shape index (κ2) is 21.0. The summed E-state index contributed by atoms with van der Waals surface area (Å²) in [5.74, 6) is -1.91. The van der Waals surface area contributed by atoms with Crippen molar-refractivity contribution in [3.63, 3.8) is 0 Å². The molecule has 0 fully saturated rings. The molecule has 0 radical (unpaired) electrons. The van der Waals surface area contributed by atoms with Crippen LogP contribution in [0.25, 0.3) is 0 Å². The van der Waals surface area contributed by atoms with Gasteiger partial charge in [-0.25, -0.2) is 4.79 Å². The van der Waals surface area contributed by atoms with Gasteiger partial charge < -0.3 is 50.4 Å². The van der Waals surface area contributed by atoms with Crippen molar-refractivity contribution in [3.8, 4) is 11.5 Å². The fraction of sp³-hybridized carbons (Fsp3) is 0.526. The van der Waals surface area contributed by atoms with Gasteiger partial charge in [0.15, 0.2) is 0 Å². The van der Waals surface area contributed by atoms with Crippen LogP contribution in [0.15, 0.2) is 34.1 Å². The normalized spacial score (nSPS) is 12.3. The molecule has 2 aromatic carbocycles. The number of carbonyl (C=O) groups excluding carboxylic acids is 6. The molecular weight excluding hydrogens is 733 g/mol. The van der Waals surface area contributed by atoms with E-state index in [1.165, 1.54) is 32.9 Å². The maximum absolute atomic E-state index is 13.4. The van der Waals surface area contributed by atoms with E-state index in [0.29, 0.717) is 23.6 Å². The third-order valence-electron chi connectivity index (χ3n) is 8.30. The van der Waals surface area contributed by atoms with E-state index >= 15 is 0 Å². The van der Waals surface area contributed by atoms with Crippen molar-refractivity contribution in [1.29, 1.82) is 0 Å². The van der Waals surface area contributed by atoms with Crippen LogP contribution in [-0.4, -0.2) is 94.8 Å². The first-order chi connectivity index (χ1) is 26.1. The van der Waals surface area contributed by atoms with E-state index in [-0.39, 0.29) is 19.5 Å². The fourth-order valence-corrected chi connectivity index (χ4v) is 6.96. The van der Waals surface area contributed by atoms with Gasteiger partial charge in [0.25, 0.3) is 0 Å². The number of fused-ring (bicyclic) bond motifs is 2. The smallest absolute Gasteiger partial charge is 0.407 e. The van der Waals surface area contributed by atoms with E-state index < -0.39 is 60.4 Å². The Labute approximate surface area is 326 Å². The third kappa shape index (κ3) is 13.3. The summed E-state index contributed by atoms with van der Waals surface area (Å²) in [6.07, 6.45) is 3.44. The largest absolute Gasteiger partial charge is 0.496 e. The van der Waals surface area contributed by atoms with Crippen LogP contribution >= 0.6 is 11.8 Å². The number of alkyl carbamates (subject to hydrolysis) is 1. The van der Waals surface area contributed by atoms with Crippen LogP contribution in [0.4, 0.5) is 16.2 Å². The number of carbonyl (C=O) groups is 6. The zero-order valence-electron chi connectivity index (χ0n) is 32.9. The van der Waals surface area contributed by atoms with E-state index in [0.717, 1.165) is 52.4 Å². The summed E-state index contributed by atoms with van der Waals surface area (Å²) < 4.78 is 21.4. The van der Waals surface area contributed by atoms with Gasteiger partial charge in [0.2, 0.25) is 23.6 Å². The molecule has 0 bridgehead atoms. The maximum atomic E-state index is 13.4. The average molecular weight is 787 g/mol. The zero-order valence-corrected chi connectivity index (χ0v) is 33.7. The predicted molar refractivity (Wildman–Crippen MR) is 207 cm³/mol. The lowest BCUT2D eigenvalue weighted by molar-refractivity contribution is -0.141. The van der Waals surface area contributed by atoms with Crippen LogP contribution in [-0.2, 0) is 46.4 Å². The standard InChI is InChI=1S/C38H54N6O10S/c1-9-10-11-12-17-44-26-13-15-28(51-6)24(18-30(45)39-20-31(46)40-21-32(47)43-23(2)36(49)41-22-33(48)53-8)34(26)55-35-25(29(52-7)16-14-27(35)44)19-42-37(50)54-38(3,4)5/h13-16,23H,9-12,17-22H2,1-8H3,(H,39,45)(H,40,46)(H,41,49)(H,42,50)(H,43,47)/t23-/m0/s1. The summed E-state index contributed by atoms with van der Waals surface area (Å²) in [6.45, 7) is 8.58. The Morgan fingerprint density at radius 2 is 1.35 bits per heavy atom. The highest BCUT2D eigenvalue weighted by Crippen LogP contribution is 2.54. The van der Waals surface area contributed by atoms with E-state index in [2.05, 4.69) is 43.1 Å². The van der Waals surface area contributed by atoms with Gasteiger partial charge in [-0.05, 0) is 58.4 Å². The number of hydrogen-bond acceptors (Lipinski definition) is 12. The number of ether oxygens (including phenoxy) is 4. The molecule has 17 heteroatoms. The maximum Gasteiger partial charge on any atom is 0.407 e. The number of unbranched alkanes of at least 4 members (excludes halogenated alkanes) is 3. The number of amides is 5. The van der Waals surface area contributed by atoms with Crippen molar-refractivity contribution < 1.29 is 47.7 Å².